The SMILES string of the molecule is CCC(C)(C)SSCCC(=O)NCCCC(=O)CCOCCOCCOCCOCCOCCOCCOCCOCCOCCOCCOCCOCCOCCOCCOCCOCCOCCOCCOCCOCCOCCOCCOCCOCCOCCOCCOCCOCCOCCOCCOCCOCCOCCOCCOCCOCCCC(=O)CCN1C(=O)C=CC1=O. The number of hydrogen-bond acceptors (Lipinski definition) is 43. The molecule has 139 heavy (non-hydrogen) atoms. The summed E-state index contributed by atoms with van der Waals surface area (Å²) < 4.78 is 199. The van der Waals surface area contributed by atoms with Crippen molar-refractivity contribution in [1.29, 1.82) is 0 Å². The number of carbonyl (C=O) groups is 5. The molecule has 822 valence electrons. The highest BCUT2D eigenvalue weighted by Crippen LogP contribution is 2.38. The Kier molecular flexibility index (Phi) is 111. The largest absolute Gasteiger partial charge is 0.379 e. The van der Waals surface area contributed by atoms with Crippen LogP contribution in [0, 0.1) is 0 Å². The minimum absolute atomic E-state index is 0.0118. The van der Waals surface area contributed by atoms with E-state index in [4.69, 9.17) is 171 Å². The Hall–Kier alpha value is -3.05. The lowest BCUT2D eigenvalue weighted by Crippen LogP contribution is -2.32. The molecule has 0 aromatic rings. The van der Waals surface area contributed by atoms with Crippen molar-refractivity contribution >= 4 is 50.9 Å². The van der Waals surface area contributed by atoms with Crippen LogP contribution in [0.2, 0.25) is 0 Å². The predicted molar refractivity (Wildman–Crippen MR) is 515 cm³/mol. The van der Waals surface area contributed by atoms with E-state index >= 15 is 0 Å². The van der Waals surface area contributed by atoms with Crippen molar-refractivity contribution in [2.75, 3.05) is 495 Å². The molecule has 0 saturated carbocycles. The van der Waals surface area contributed by atoms with Crippen LogP contribution in [-0.2, 0) is 194 Å². The van der Waals surface area contributed by atoms with Gasteiger partial charge < -0.3 is 176 Å². The zero-order valence-corrected chi connectivity index (χ0v) is 86.0. The maximum atomic E-state index is 12.1. The third-order valence-corrected chi connectivity index (χ3v) is 21.7. The van der Waals surface area contributed by atoms with Crippen molar-refractivity contribution in [2.45, 2.75) is 76.9 Å². The maximum Gasteiger partial charge on any atom is 0.253 e. The molecule has 0 aromatic carbocycles. The second-order valence-corrected chi connectivity index (χ2v) is 33.2. The van der Waals surface area contributed by atoms with Crippen LogP contribution < -0.4 is 5.32 Å². The van der Waals surface area contributed by atoms with Crippen LogP contribution in [0.25, 0.3) is 0 Å². The summed E-state index contributed by atoms with van der Waals surface area (Å²) in [5.41, 5.74) is 0. The summed E-state index contributed by atoms with van der Waals surface area (Å²) in [4.78, 5) is 60.2. The van der Waals surface area contributed by atoms with Crippen LogP contribution in [-0.4, -0.2) is 533 Å². The van der Waals surface area contributed by atoms with E-state index in [9.17, 15) is 24.0 Å². The quantitative estimate of drug-likeness (QED) is 0.0509. The molecule has 1 aliphatic heterocycles. The van der Waals surface area contributed by atoms with E-state index in [-0.39, 0.29) is 47.0 Å². The topological polar surface area (TPSA) is 433 Å². The van der Waals surface area contributed by atoms with Crippen molar-refractivity contribution in [3.05, 3.63) is 12.2 Å². The van der Waals surface area contributed by atoms with E-state index in [0.717, 1.165) is 17.1 Å². The molecule has 0 aliphatic carbocycles. The van der Waals surface area contributed by atoms with Gasteiger partial charge in [-0.3, -0.25) is 28.9 Å². The van der Waals surface area contributed by atoms with Crippen LogP contribution >= 0.6 is 21.6 Å². The number of ether oxygens (including phenoxy) is 36. The molecule has 1 rings (SSSR count). The van der Waals surface area contributed by atoms with Gasteiger partial charge in [0.15, 0.2) is 0 Å². The molecule has 1 aliphatic rings. The highest BCUT2D eigenvalue weighted by Gasteiger charge is 2.24. The van der Waals surface area contributed by atoms with Gasteiger partial charge >= 0.3 is 0 Å². The van der Waals surface area contributed by atoms with Crippen molar-refractivity contribution in [3.8, 4) is 0 Å². The zero-order chi connectivity index (χ0) is 99.6. The Balaban J connectivity index is 1.59. The molecule has 0 atom stereocenters. The van der Waals surface area contributed by atoms with E-state index in [1.807, 2.05) is 10.8 Å². The number of rotatable bonds is 125. The van der Waals surface area contributed by atoms with Crippen LogP contribution in [0.3, 0.4) is 0 Å². The number of imide groups is 1. The van der Waals surface area contributed by atoms with E-state index in [2.05, 4.69) is 26.1 Å². The van der Waals surface area contributed by atoms with Crippen LogP contribution in [0.15, 0.2) is 12.2 Å². The second kappa shape index (κ2) is 115. The minimum Gasteiger partial charge on any atom is -0.379 e. The highest BCUT2D eigenvalue weighted by molar-refractivity contribution is 8.77. The molecule has 1 heterocycles. The first-order chi connectivity index (χ1) is 68.6. The molecular weight excluding hydrogens is 1880 g/mol. The summed E-state index contributed by atoms with van der Waals surface area (Å²) in [6, 6.07) is 0. The number of amides is 3. The van der Waals surface area contributed by atoms with E-state index in [0.29, 0.717) is 521 Å². The molecule has 0 bridgehead atoms. The van der Waals surface area contributed by atoms with Crippen LogP contribution in [0.1, 0.15) is 72.1 Å². The minimum atomic E-state index is -0.377. The summed E-state index contributed by atoms with van der Waals surface area (Å²) >= 11 is 0. The monoisotopic (exact) mass is 2060 g/mol. The first-order valence-electron chi connectivity index (χ1n) is 49.6. The normalized spacial score (nSPS) is 12.4. The third kappa shape index (κ3) is 110. The standard InChI is InChI=1S/C94H178N2O41S2/c1-4-94(2,3)139-138-88-13-91(99)95-14-5-7-90(98)12-17-103-19-21-105-23-25-107-27-29-109-31-33-111-35-37-113-39-41-115-43-45-117-47-49-119-51-53-121-55-57-123-59-61-125-63-65-127-67-69-129-71-73-131-75-77-133-79-81-135-83-85-137-87-86-136-84-82-134-80-78-132-76-74-130-72-70-128-68-66-126-64-62-124-60-58-122-56-54-120-52-50-118-48-46-116-44-42-114-40-38-112-36-34-110-32-30-108-28-26-106-24-22-104-20-18-102-16-6-8-89(97)11-15-96-92(100)9-10-93(96)101/h9-10H,4-8,11-88H2,1-3H3,(H,95,99). The summed E-state index contributed by atoms with van der Waals surface area (Å²) in [5.74, 6) is 0.177. The van der Waals surface area contributed by atoms with Gasteiger partial charge in [-0.15, -0.1) is 0 Å². The Morgan fingerprint density at radius 2 is 0.396 bits per heavy atom. The van der Waals surface area contributed by atoms with Crippen molar-refractivity contribution in [1.82, 2.24) is 10.2 Å². The van der Waals surface area contributed by atoms with E-state index < -0.39 is 0 Å². The Morgan fingerprint density at radius 3 is 0.583 bits per heavy atom. The van der Waals surface area contributed by atoms with Gasteiger partial charge in [0.1, 0.15) is 11.6 Å². The molecule has 45 heteroatoms. The number of ketones is 2. The van der Waals surface area contributed by atoms with Gasteiger partial charge in [0.25, 0.3) is 11.8 Å². The Bertz CT molecular complexity index is 2500. The molecule has 0 saturated heterocycles. The molecule has 0 unspecified atom stereocenters. The van der Waals surface area contributed by atoms with Gasteiger partial charge in [0.2, 0.25) is 5.91 Å². The number of Topliss-reactive ketones (excluding diaryl/α,β-unsaturated/α-hetero) is 2. The third-order valence-electron chi connectivity index (χ3n) is 18.3. The molecular formula is C94H178N2O41S2. The Morgan fingerprint density at radius 1 is 0.230 bits per heavy atom. The highest BCUT2D eigenvalue weighted by atomic mass is 33.1. The first kappa shape index (κ1) is 134. The van der Waals surface area contributed by atoms with Crippen molar-refractivity contribution < 1.29 is 194 Å². The molecule has 0 radical (unpaired) electrons. The van der Waals surface area contributed by atoms with Gasteiger partial charge in [0.05, 0.1) is 469 Å². The van der Waals surface area contributed by atoms with Crippen molar-refractivity contribution in [2.24, 2.45) is 0 Å². The van der Waals surface area contributed by atoms with Crippen LogP contribution in [0.5, 0.6) is 0 Å². The van der Waals surface area contributed by atoms with Gasteiger partial charge in [-0.1, -0.05) is 28.5 Å². The summed E-state index contributed by atoms with van der Waals surface area (Å²) in [7, 11) is 3.56. The fraction of sp³-hybridized carbons (Fsp3) is 0.926. The van der Waals surface area contributed by atoms with Gasteiger partial charge in [-0.2, -0.15) is 0 Å². The Labute approximate surface area is 835 Å². The second-order valence-electron chi connectivity index (χ2n) is 30.1. The van der Waals surface area contributed by atoms with Crippen LogP contribution in [0.4, 0.5) is 0 Å². The van der Waals surface area contributed by atoms with Crippen molar-refractivity contribution in [3.63, 3.8) is 0 Å². The smallest absolute Gasteiger partial charge is 0.253 e. The fourth-order valence-corrected chi connectivity index (χ4v) is 13.1. The zero-order valence-electron chi connectivity index (χ0n) is 84.3. The van der Waals surface area contributed by atoms with E-state index in [1.54, 1.807) is 10.8 Å². The predicted octanol–water partition coefficient (Wildman–Crippen LogP) is 4.06. The van der Waals surface area contributed by atoms with Gasteiger partial charge in [-0.25, -0.2) is 0 Å². The molecule has 43 nitrogen and oxygen atoms in total. The fourth-order valence-electron chi connectivity index (χ4n) is 10.5. The summed E-state index contributed by atoms with van der Waals surface area (Å²) in [6.07, 6.45) is 6.47. The number of hydrogen-bond donors (Lipinski definition) is 1. The van der Waals surface area contributed by atoms with Gasteiger partial charge in [-0.05, 0) is 33.1 Å². The number of nitrogens with one attached hydrogen (secondary N) is 1. The molecule has 0 spiro atoms. The first-order valence-corrected chi connectivity index (χ1v) is 51.9. The lowest BCUT2D eigenvalue weighted by atomic mass is 10.1. The summed E-state index contributed by atoms with van der Waals surface area (Å²) in [5, 5.41) is 2.90. The molecule has 3 amide bonds. The average molecular weight is 2060 g/mol. The van der Waals surface area contributed by atoms with Gasteiger partial charge in [0, 0.05) is 74.5 Å². The molecule has 1 N–H and O–H groups in total. The summed E-state index contributed by atoms with van der Waals surface area (Å²) in [6.45, 7) is 40.4. The molecule has 0 fully saturated rings. The molecule has 0 aromatic heterocycles. The lowest BCUT2D eigenvalue weighted by molar-refractivity contribution is -0.137. The number of nitrogens with zero attached hydrogens (tertiary/aromatic N) is 1. The maximum absolute atomic E-state index is 12.1. The lowest BCUT2D eigenvalue weighted by Gasteiger charge is -2.20. The average Bonchev–Trinajstić information content (AvgIpc) is 1.74. The number of carbonyl (C=O) groups excluding carboxylic acids is 5. The van der Waals surface area contributed by atoms with E-state index in [1.165, 1.54) is 12.2 Å².